The van der Waals surface area contributed by atoms with Gasteiger partial charge in [0.2, 0.25) is 0 Å². The Kier molecular flexibility index (Phi) is 2.31. The van der Waals surface area contributed by atoms with E-state index in [1.807, 2.05) is 0 Å². The lowest BCUT2D eigenvalue weighted by Crippen LogP contribution is -2.31. The quantitative estimate of drug-likeness (QED) is 0.622. The van der Waals surface area contributed by atoms with Crippen LogP contribution in [0.3, 0.4) is 0 Å². The molecule has 19 heavy (non-hydrogen) atoms. The number of anilines is 2. The molecular formula is C13H8FN3O2. The number of hydrogen-bond acceptors (Lipinski definition) is 4. The van der Waals surface area contributed by atoms with Crippen LogP contribution in [0.1, 0.15) is 20.7 Å². The largest absolute Gasteiger partial charge is 0.397 e. The number of imide groups is 1. The van der Waals surface area contributed by atoms with Crippen LogP contribution in [0.2, 0.25) is 0 Å². The molecule has 2 heterocycles. The Morgan fingerprint density at radius 1 is 1.11 bits per heavy atom. The van der Waals surface area contributed by atoms with Crippen LogP contribution in [-0.4, -0.2) is 16.8 Å². The number of benzene rings is 1. The Balaban J connectivity index is 2.20. The number of halogens is 1. The van der Waals surface area contributed by atoms with Crippen LogP contribution in [0, 0.1) is 5.82 Å². The van der Waals surface area contributed by atoms with Gasteiger partial charge in [-0.05, 0) is 18.2 Å². The Morgan fingerprint density at radius 3 is 2.53 bits per heavy atom. The van der Waals surface area contributed by atoms with E-state index in [1.165, 1.54) is 30.6 Å². The number of carbonyl (C=O) groups excluding carboxylic acids is 2. The summed E-state index contributed by atoms with van der Waals surface area (Å²) < 4.78 is 13.8. The van der Waals surface area contributed by atoms with E-state index >= 15 is 0 Å². The van der Waals surface area contributed by atoms with Crippen LogP contribution < -0.4 is 10.6 Å². The van der Waals surface area contributed by atoms with Gasteiger partial charge in [-0.2, -0.15) is 0 Å². The van der Waals surface area contributed by atoms with Crippen molar-refractivity contribution >= 4 is 23.2 Å². The minimum atomic E-state index is -0.720. The van der Waals surface area contributed by atoms with Gasteiger partial charge in [-0.15, -0.1) is 0 Å². The number of amides is 2. The van der Waals surface area contributed by atoms with Crippen molar-refractivity contribution in [1.82, 2.24) is 4.98 Å². The van der Waals surface area contributed by atoms with Gasteiger partial charge in [0.25, 0.3) is 11.8 Å². The molecule has 0 radical (unpaired) electrons. The fourth-order valence-electron chi connectivity index (χ4n) is 2.06. The van der Waals surface area contributed by atoms with Gasteiger partial charge in [-0.25, -0.2) is 9.29 Å². The molecule has 0 bridgehead atoms. The molecule has 1 aliphatic heterocycles. The van der Waals surface area contributed by atoms with E-state index in [4.69, 9.17) is 5.73 Å². The normalized spacial score (nSPS) is 13.8. The van der Waals surface area contributed by atoms with Crippen LogP contribution in [0.5, 0.6) is 0 Å². The van der Waals surface area contributed by atoms with Crippen molar-refractivity contribution in [2.45, 2.75) is 0 Å². The highest BCUT2D eigenvalue weighted by Crippen LogP contribution is 2.33. The third-order valence-electron chi connectivity index (χ3n) is 2.93. The van der Waals surface area contributed by atoms with Gasteiger partial charge < -0.3 is 5.73 Å². The van der Waals surface area contributed by atoms with Gasteiger partial charge in [0, 0.05) is 12.4 Å². The molecule has 5 nitrogen and oxygen atoms in total. The van der Waals surface area contributed by atoms with E-state index in [1.54, 1.807) is 0 Å². The van der Waals surface area contributed by atoms with E-state index in [9.17, 15) is 14.0 Å². The molecule has 0 fully saturated rings. The molecule has 0 aliphatic carbocycles. The molecule has 2 amide bonds. The lowest BCUT2D eigenvalue weighted by Gasteiger charge is -2.16. The molecule has 3 rings (SSSR count). The molecule has 0 saturated carbocycles. The SMILES string of the molecule is Nc1cccc(F)c1N1C(=O)c2ccncc2C1=O. The molecule has 0 spiro atoms. The van der Waals surface area contributed by atoms with E-state index in [-0.39, 0.29) is 22.5 Å². The first kappa shape index (κ1) is 11.3. The monoisotopic (exact) mass is 257 g/mol. The average Bonchev–Trinajstić information content (AvgIpc) is 2.64. The third-order valence-corrected chi connectivity index (χ3v) is 2.93. The first-order chi connectivity index (χ1) is 9.11. The Labute approximate surface area is 107 Å². The summed E-state index contributed by atoms with van der Waals surface area (Å²) >= 11 is 0. The lowest BCUT2D eigenvalue weighted by molar-refractivity contribution is 0.0925. The predicted octanol–water partition coefficient (Wildman–Crippen LogP) is 1.60. The van der Waals surface area contributed by atoms with E-state index in [2.05, 4.69) is 4.98 Å². The first-order valence-electron chi connectivity index (χ1n) is 5.48. The molecule has 0 atom stereocenters. The maximum absolute atomic E-state index is 13.8. The molecular weight excluding hydrogens is 249 g/mol. The number of pyridine rings is 1. The van der Waals surface area contributed by atoms with Gasteiger partial charge in [0.15, 0.2) is 0 Å². The highest BCUT2D eigenvalue weighted by Gasteiger charge is 2.38. The Bertz CT molecular complexity index is 660. The fraction of sp³-hybridized carbons (Fsp3) is 0. The predicted molar refractivity (Wildman–Crippen MR) is 66.2 cm³/mol. The van der Waals surface area contributed by atoms with E-state index < -0.39 is 17.6 Å². The molecule has 0 saturated heterocycles. The molecule has 1 aliphatic rings. The average molecular weight is 257 g/mol. The van der Waals surface area contributed by atoms with Gasteiger partial charge in [0.1, 0.15) is 11.5 Å². The third kappa shape index (κ3) is 1.50. The summed E-state index contributed by atoms with van der Waals surface area (Å²) in [7, 11) is 0. The van der Waals surface area contributed by atoms with Gasteiger partial charge in [0.05, 0.1) is 16.8 Å². The molecule has 2 N–H and O–H groups in total. The smallest absolute Gasteiger partial charge is 0.267 e. The maximum atomic E-state index is 13.8. The second-order valence-electron chi connectivity index (χ2n) is 4.04. The van der Waals surface area contributed by atoms with Crippen LogP contribution in [0.15, 0.2) is 36.7 Å². The number of nitrogens with two attached hydrogens (primary N) is 1. The van der Waals surface area contributed by atoms with E-state index in [0.717, 1.165) is 11.0 Å². The summed E-state index contributed by atoms with van der Waals surface area (Å²) in [6.45, 7) is 0. The standard InChI is InChI=1S/C13H8FN3O2/c14-9-2-1-3-10(15)11(9)17-12(18)7-4-5-16-6-8(7)13(17)19/h1-6H,15H2. The molecule has 2 aromatic rings. The molecule has 94 valence electrons. The van der Waals surface area contributed by atoms with Gasteiger partial charge >= 0.3 is 0 Å². The number of nitrogen functional groups attached to an aromatic ring is 1. The number of para-hydroxylation sites is 1. The molecule has 1 aromatic carbocycles. The number of nitrogens with zero attached hydrogens (tertiary/aromatic N) is 2. The van der Waals surface area contributed by atoms with Crippen LogP contribution in [-0.2, 0) is 0 Å². The highest BCUT2D eigenvalue weighted by atomic mass is 19.1. The first-order valence-corrected chi connectivity index (χ1v) is 5.48. The van der Waals surface area contributed by atoms with Crippen LogP contribution >= 0.6 is 0 Å². The maximum Gasteiger partial charge on any atom is 0.267 e. The fourth-order valence-corrected chi connectivity index (χ4v) is 2.06. The summed E-state index contributed by atoms with van der Waals surface area (Å²) in [5.74, 6) is -1.94. The molecule has 6 heteroatoms. The highest BCUT2D eigenvalue weighted by molar-refractivity contribution is 6.35. The number of hydrogen-bond donors (Lipinski definition) is 1. The summed E-state index contributed by atoms with van der Waals surface area (Å²) in [5.41, 5.74) is 5.82. The second-order valence-corrected chi connectivity index (χ2v) is 4.04. The minimum Gasteiger partial charge on any atom is -0.397 e. The Hall–Kier alpha value is -2.76. The summed E-state index contributed by atoms with van der Waals surface area (Å²) in [6, 6.07) is 5.41. The number of rotatable bonds is 1. The minimum absolute atomic E-state index is 0.0301. The van der Waals surface area contributed by atoms with Crippen molar-refractivity contribution in [2.24, 2.45) is 0 Å². The summed E-state index contributed by atoms with van der Waals surface area (Å²) in [5, 5.41) is 0. The second kappa shape index (κ2) is 3.88. The summed E-state index contributed by atoms with van der Waals surface area (Å²) in [6.07, 6.45) is 2.69. The lowest BCUT2D eigenvalue weighted by atomic mass is 10.2. The van der Waals surface area contributed by atoms with Gasteiger partial charge in [-0.3, -0.25) is 14.6 Å². The van der Waals surface area contributed by atoms with Gasteiger partial charge in [-0.1, -0.05) is 6.07 Å². The zero-order valence-electron chi connectivity index (χ0n) is 9.63. The van der Waals surface area contributed by atoms with Crippen molar-refractivity contribution in [1.29, 1.82) is 0 Å². The van der Waals surface area contributed by atoms with Crippen molar-refractivity contribution < 1.29 is 14.0 Å². The summed E-state index contributed by atoms with van der Waals surface area (Å²) in [4.78, 5) is 28.9. The zero-order chi connectivity index (χ0) is 13.6. The topological polar surface area (TPSA) is 76.3 Å². The Morgan fingerprint density at radius 2 is 1.84 bits per heavy atom. The van der Waals surface area contributed by atoms with Crippen LogP contribution in [0.25, 0.3) is 0 Å². The van der Waals surface area contributed by atoms with Crippen LogP contribution in [0.4, 0.5) is 15.8 Å². The van der Waals surface area contributed by atoms with E-state index in [0.29, 0.717) is 0 Å². The van der Waals surface area contributed by atoms with Crippen molar-refractivity contribution in [3.05, 3.63) is 53.6 Å². The van der Waals surface area contributed by atoms with Crippen molar-refractivity contribution in [3.8, 4) is 0 Å². The van der Waals surface area contributed by atoms with Crippen molar-refractivity contribution in [3.63, 3.8) is 0 Å². The van der Waals surface area contributed by atoms with Crippen molar-refractivity contribution in [2.75, 3.05) is 10.6 Å². The number of aromatic nitrogens is 1. The number of fused-ring (bicyclic) bond motifs is 1. The molecule has 0 unspecified atom stereocenters. The zero-order valence-corrected chi connectivity index (χ0v) is 9.63. The number of carbonyl (C=O) groups is 2. The molecule has 1 aromatic heterocycles.